The van der Waals surface area contributed by atoms with Gasteiger partial charge in [-0.3, -0.25) is 0 Å². The van der Waals surface area contributed by atoms with Gasteiger partial charge in [0.25, 0.3) is 0 Å². The lowest BCUT2D eigenvalue weighted by Gasteiger charge is -2.36. The van der Waals surface area contributed by atoms with E-state index in [9.17, 15) is 0 Å². The Labute approximate surface area is 194 Å². The summed E-state index contributed by atoms with van der Waals surface area (Å²) >= 11 is 0. The molecule has 0 saturated carbocycles. The van der Waals surface area contributed by atoms with Crippen molar-refractivity contribution in [2.75, 3.05) is 0 Å². The summed E-state index contributed by atoms with van der Waals surface area (Å²) in [7, 11) is 0. The first-order chi connectivity index (χ1) is 14.4. The summed E-state index contributed by atoms with van der Waals surface area (Å²) in [4.78, 5) is 0. The second-order valence-electron chi connectivity index (χ2n) is 12.0. The maximum atomic E-state index is 5.68. The van der Waals surface area contributed by atoms with Crippen molar-refractivity contribution in [2.24, 2.45) is 10.8 Å². The first kappa shape index (κ1) is 26.2. The van der Waals surface area contributed by atoms with Gasteiger partial charge in [0.2, 0.25) is 0 Å². The molecule has 0 amide bonds. The van der Waals surface area contributed by atoms with Crippen molar-refractivity contribution in [3.8, 4) is 0 Å². The summed E-state index contributed by atoms with van der Waals surface area (Å²) in [6, 6.07) is 0. The summed E-state index contributed by atoms with van der Waals surface area (Å²) in [5, 5.41) is 0. The van der Waals surface area contributed by atoms with Crippen molar-refractivity contribution >= 4 is 0 Å². The molecular formula is C30H50O. The van der Waals surface area contributed by atoms with Crippen LogP contribution in [-0.2, 0) is 4.74 Å². The zero-order valence-corrected chi connectivity index (χ0v) is 21.9. The molecule has 1 saturated heterocycles. The van der Waals surface area contributed by atoms with Crippen molar-refractivity contribution in [3.05, 3.63) is 47.1 Å². The van der Waals surface area contributed by atoms with Crippen LogP contribution in [0.15, 0.2) is 47.1 Å². The molecule has 2 unspecified atom stereocenters. The third-order valence-electron chi connectivity index (χ3n) is 7.52. The van der Waals surface area contributed by atoms with Crippen LogP contribution in [0.4, 0.5) is 0 Å². The Hall–Kier alpha value is -1.08. The molecule has 0 radical (unpaired) electrons. The predicted octanol–water partition coefficient (Wildman–Crippen LogP) is 9.51. The van der Waals surface area contributed by atoms with Crippen LogP contribution in [0.2, 0.25) is 0 Å². The van der Waals surface area contributed by atoms with Crippen LogP contribution < -0.4 is 0 Å². The minimum absolute atomic E-state index is 0.133. The lowest BCUT2D eigenvalue weighted by Crippen LogP contribution is -2.23. The monoisotopic (exact) mass is 426 g/mol. The second kappa shape index (κ2) is 11.2. The summed E-state index contributed by atoms with van der Waals surface area (Å²) in [5.41, 5.74) is 5.54. The Bertz CT molecular complexity index is 700. The topological polar surface area (TPSA) is 12.5 Å². The SMILES string of the molecule is C/C(=C\CC/C=C(\C)CCC1(C)C=CC(C)(C)CC1)CC/C=C(\C)CCC1OC1(C)C. The first-order valence-electron chi connectivity index (χ1n) is 12.8. The molecule has 0 N–H and O–H groups in total. The highest BCUT2D eigenvalue weighted by atomic mass is 16.6. The molecule has 0 bridgehead atoms. The minimum Gasteiger partial charge on any atom is -0.367 e. The van der Waals surface area contributed by atoms with E-state index in [1.165, 1.54) is 75.4 Å². The van der Waals surface area contributed by atoms with Crippen molar-refractivity contribution in [1.29, 1.82) is 0 Å². The second-order valence-corrected chi connectivity index (χ2v) is 12.0. The molecule has 1 heterocycles. The third kappa shape index (κ3) is 9.94. The van der Waals surface area contributed by atoms with Gasteiger partial charge >= 0.3 is 0 Å². The van der Waals surface area contributed by atoms with Gasteiger partial charge in [0, 0.05) is 0 Å². The molecule has 0 aromatic heterocycles. The van der Waals surface area contributed by atoms with Gasteiger partial charge in [-0.2, -0.15) is 0 Å². The Balaban J connectivity index is 1.60. The van der Waals surface area contributed by atoms with E-state index in [1.54, 1.807) is 5.57 Å². The van der Waals surface area contributed by atoms with Crippen molar-refractivity contribution in [2.45, 2.75) is 131 Å². The average Bonchev–Trinajstić information content (AvgIpc) is 3.31. The van der Waals surface area contributed by atoms with Crippen LogP contribution in [-0.4, -0.2) is 11.7 Å². The van der Waals surface area contributed by atoms with E-state index in [4.69, 9.17) is 4.74 Å². The van der Waals surface area contributed by atoms with Gasteiger partial charge in [-0.25, -0.2) is 0 Å². The van der Waals surface area contributed by atoms with Crippen LogP contribution in [0.1, 0.15) is 120 Å². The van der Waals surface area contributed by atoms with Gasteiger partial charge in [-0.1, -0.05) is 67.9 Å². The Kier molecular flexibility index (Phi) is 9.43. The normalized spacial score (nSPS) is 28.1. The lowest BCUT2D eigenvalue weighted by molar-refractivity contribution is 0.264. The molecule has 2 atom stereocenters. The zero-order chi connectivity index (χ0) is 23.1. The van der Waals surface area contributed by atoms with Gasteiger partial charge in [0.15, 0.2) is 0 Å². The van der Waals surface area contributed by atoms with Crippen molar-refractivity contribution < 1.29 is 4.74 Å². The molecule has 0 aromatic rings. The molecule has 1 aliphatic carbocycles. The molecule has 1 heteroatoms. The van der Waals surface area contributed by atoms with E-state index >= 15 is 0 Å². The van der Waals surface area contributed by atoms with E-state index < -0.39 is 0 Å². The highest BCUT2D eigenvalue weighted by Gasteiger charge is 2.46. The molecule has 31 heavy (non-hydrogen) atoms. The maximum absolute atomic E-state index is 5.68. The average molecular weight is 427 g/mol. The molecule has 2 rings (SSSR count). The maximum Gasteiger partial charge on any atom is 0.0892 e. The summed E-state index contributed by atoms with van der Waals surface area (Å²) in [6.07, 6.45) is 25.0. The van der Waals surface area contributed by atoms with Crippen molar-refractivity contribution in [1.82, 2.24) is 0 Å². The van der Waals surface area contributed by atoms with Crippen molar-refractivity contribution in [3.63, 3.8) is 0 Å². The fourth-order valence-electron chi connectivity index (χ4n) is 4.50. The van der Waals surface area contributed by atoms with E-state index in [-0.39, 0.29) is 5.60 Å². The lowest BCUT2D eigenvalue weighted by atomic mass is 9.69. The third-order valence-corrected chi connectivity index (χ3v) is 7.52. The highest BCUT2D eigenvalue weighted by Crippen LogP contribution is 2.42. The van der Waals surface area contributed by atoms with Gasteiger partial charge < -0.3 is 4.74 Å². The Morgan fingerprint density at radius 3 is 1.87 bits per heavy atom. The summed E-state index contributed by atoms with van der Waals surface area (Å²) in [5.74, 6) is 0. The standard InChI is InChI=1S/C30H50O/c1-24(14-11-15-25(2)16-17-27-29(6,7)31-27)12-9-10-13-26(3)18-19-30(8)22-20-28(4,5)21-23-30/h12-13,15,20,22,27H,9-11,14,16-19,21,23H2,1-8H3/b24-12+,25-15+,26-13+. The van der Waals surface area contributed by atoms with Crippen LogP contribution in [0.5, 0.6) is 0 Å². The number of rotatable bonds is 12. The summed E-state index contributed by atoms with van der Waals surface area (Å²) in [6.45, 7) is 18.4. The number of allylic oxidation sites excluding steroid dienone is 8. The number of ether oxygens (including phenoxy) is 1. The fourth-order valence-corrected chi connectivity index (χ4v) is 4.50. The summed E-state index contributed by atoms with van der Waals surface area (Å²) < 4.78 is 5.68. The Morgan fingerprint density at radius 1 is 0.774 bits per heavy atom. The molecule has 1 fully saturated rings. The van der Waals surface area contributed by atoms with E-state index in [1.807, 2.05) is 0 Å². The van der Waals surface area contributed by atoms with Crippen LogP contribution in [0.25, 0.3) is 0 Å². The fraction of sp³-hybridized carbons (Fsp3) is 0.733. The van der Waals surface area contributed by atoms with Gasteiger partial charge in [-0.15, -0.1) is 0 Å². The quantitative estimate of drug-likeness (QED) is 0.172. The van der Waals surface area contributed by atoms with E-state index in [0.717, 1.165) is 0 Å². The van der Waals surface area contributed by atoms with Crippen LogP contribution in [0.3, 0.4) is 0 Å². The smallest absolute Gasteiger partial charge is 0.0892 e. The first-order valence-corrected chi connectivity index (χ1v) is 12.8. The predicted molar refractivity (Wildman–Crippen MR) is 137 cm³/mol. The van der Waals surface area contributed by atoms with Crippen LogP contribution in [0, 0.1) is 10.8 Å². The molecular weight excluding hydrogens is 376 g/mol. The molecule has 176 valence electrons. The number of unbranched alkanes of at least 4 members (excludes halogenated alkanes) is 1. The number of hydrogen-bond acceptors (Lipinski definition) is 1. The van der Waals surface area contributed by atoms with E-state index in [2.05, 4.69) is 85.8 Å². The molecule has 1 aliphatic heterocycles. The number of epoxide rings is 1. The van der Waals surface area contributed by atoms with Gasteiger partial charge in [0.1, 0.15) is 0 Å². The minimum atomic E-state index is 0.133. The van der Waals surface area contributed by atoms with Gasteiger partial charge in [0.05, 0.1) is 11.7 Å². The molecule has 0 aromatic carbocycles. The highest BCUT2D eigenvalue weighted by molar-refractivity contribution is 5.11. The largest absolute Gasteiger partial charge is 0.367 e. The number of hydrogen-bond donors (Lipinski definition) is 0. The van der Waals surface area contributed by atoms with Gasteiger partial charge in [-0.05, 0) is 110 Å². The molecule has 0 spiro atoms. The Morgan fingerprint density at radius 2 is 1.32 bits per heavy atom. The van der Waals surface area contributed by atoms with Crippen LogP contribution >= 0.6 is 0 Å². The molecule has 1 nitrogen and oxygen atoms in total. The zero-order valence-electron chi connectivity index (χ0n) is 21.9. The van der Waals surface area contributed by atoms with E-state index in [0.29, 0.717) is 16.9 Å². The molecule has 2 aliphatic rings.